The van der Waals surface area contributed by atoms with Gasteiger partial charge in [0.15, 0.2) is 0 Å². The van der Waals surface area contributed by atoms with E-state index in [2.05, 4.69) is 10.1 Å². The van der Waals surface area contributed by atoms with Crippen LogP contribution in [0.1, 0.15) is 18.4 Å². The zero-order valence-electron chi connectivity index (χ0n) is 12.2. The van der Waals surface area contributed by atoms with E-state index in [1.807, 2.05) is 0 Å². The lowest BCUT2D eigenvalue weighted by Crippen LogP contribution is -2.40. The summed E-state index contributed by atoms with van der Waals surface area (Å²) in [6, 6.07) is 5.56. The van der Waals surface area contributed by atoms with E-state index in [0.29, 0.717) is 18.4 Å². The van der Waals surface area contributed by atoms with Gasteiger partial charge in [0, 0.05) is 6.54 Å². The second kappa shape index (κ2) is 6.09. The maximum absolute atomic E-state index is 12.9. The first-order valence-corrected chi connectivity index (χ1v) is 8.59. The van der Waals surface area contributed by atoms with Crippen molar-refractivity contribution in [3.8, 4) is 0 Å². The topological polar surface area (TPSA) is 105 Å². The number of carboxylic acids is 1. The van der Waals surface area contributed by atoms with Crippen LogP contribution in [0.15, 0.2) is 41.8 Å². The molecule has 1 aliphatic heterocycles. The van der Waals surface area contributed by atoms with Crippen molar-refractivity contribution in [3.05, 3.63) is 42.5 Å². The van der Waals surface area contributed by atoms with Crippen molar-refractivity contribution in [1.29, 1.82) is 0 Å². The van der Waals surface area contributed by atoms with Crippen LogP contribution in [-0.4, -0.2) is 51.1 Å². The molecule has 1 aromatic carbocycles. The first kappa shape index (κ1) is 15.6. The van der Waals surface area contributed by atoms with E-state index >= 15 is 0 Å². The highest BCUT2D eigenvalue weighted by atomic mass is 32.2. The minimum Gasteiger partial charge on any atom is -0.480 e. The highest BCUT2D eigenvalue weighted by Crippen LogP contribution is 2.28. The Morgan fingerprint density at radius 1 is 1.35 bits per heavy atom. The molecular formula is C14H16N4O4S. The Bertz CT molecular complexity index is 804. The maximum atomic E-state index is 12.9. The summed E-state index contributed by atoms with van der Waals surface area (Å²) in [6.45, 7) is 0.470. The molecule has 0 radical (unpaired) electrons. The van der Waals surface area contributed by atoms with Crippen molar-refractivity contribution in [2.45, 2.75) is 30.3 Å². The van der Waals surface area contributed by atoms with Crippen LogP contribution in [0.3, 0.4) is 0 Å². The fourth-order valence-corrected chi connectivity index (χ4v) is 4.64. The Labute approximate surface area is 133 Å². The van der Waals surface area contributed by atoms with E-state index in [1.165, 1.54) is 23.4 Å². The molecule has 2 aromatic rings. The fraction of sp³-hybridized carbons (Fsp3) is 0.357. The second-order valence-electron chi connectivity index (χ2n) is 5.31. The lowest BCUT2D eigenvalue weighted by atomic mass is 10.2. The third-order valence-corrected chi connectivity index (χ3v) is 5.86. The molecule has 1 aliphatic rings. The van der Waals surface area contributed by atoms with Gasteiger partial charge in [-0.15, -0.1) is 0 Å². The summed E-state index contributed by atoms with van der Waals surface area (Å²) in [6.07, 6.45) is 3.75. The summed E-state index contributed by atoms with van der Waals surface area (Å²) in [4.78, 5) is 15.3. The molecule has 9 heteroatoms. The lowest BCUT2D eigenvalue weighted by molar-refractivity contribution is -0.140. The second-order valence-corrected chi connectivity index (χ2v) is 7.17. The van der Waals surface area contributed by atoms with Crippen molar-refractivity contribution in [2.75, 3.05) is 6.54 Å². The average Bonchev–Trinajstić information content (AvgIpc) is 3.19. The Hall–Kier alpha value is -2.26. The zero-order valence-corrected chi connectivity index (χ0v) is 13.1. The van der Waals surface area contributed by atoms with E-state index in [4.69, 9.17) is 0 Å². The number of rotatable bonds is 5. The van der Waals surface area contributed by atoms with E-state index in [-0.39, 0.29) is 18.0 Å². The van der Waals surface area contributed by atoms with Gasteiger partial charge in [-0.3, -0.25) is 4.79 Å². The number of nitrogens with zero attached hydrogens (tertiary/aromatic N) is 4. The van der Waals surface area contributed by atoms with Gasteiger partial charge in [-0.2, -0.15) is 9.40 Å². The molecule has 1 aromatic heterocycles. The summed E-state index contributed by atoms with van der Waals surface area (Å²) in [7, 11) is -3.88. The van der Waals surface area contributed by atoms with Crippen LogP contribution in [0.25, 0.3) is 0 Å². The van der Waals surface area contributed by atoms with E-state index < -0.39 is 22.0 Å². The van der Waals surface area contributed by atoms with Crippen LogP contribution in [0.5, 0.6) is 0 Å². The van der Waals surface area contributed by atoms with Crippen LogP contribution < -0.4 is 0 Å². The van der Waals surface area contributed by atoms with Crippen LogP contribution in [0.4, 0.5) is 0 Å². The maximum Gasteiger partial charge on any atom is 0.322 e. The quantitative estimate of drug-likeness (QED) is 0.855. The van der Waals surface area contributed by atoms with Crippen molar-refractivity contribution < 1.29 is 18.3 Å². The van der Waals surface area contributed by atoms with Gasteiger partial charge in [0.2, 0.25) is 10.0 Å². The monoisotopic (exact) mass is 336 g/mol. The first-order valence-electron chi connectivity index (χ1n) is 7.15. The summed E-state index contributed by atoms with van der Waals surface area (Å²) in [5.74, 6) is -1.11. The van der Waals surface area contributed by atoms with Gasteiger partial charge >= 0.3 is 5.97 Å². The molecule has 122 valence electrons. The van der Waals surface area contributed by atoms with Crippen LogP contribution in [-0.2, 0) is 21.4 Å². The number of hydrogen-bond acceptors (Lipinski definition) is 5. The Morgan fingerprint density at radius 2 is 2.13 bits per heavy atom. The Balaban J connectivity index is 1.98. The molecular weight excluding hydrogens is 320 g/mol. The fourth-order valence-electron chi connectivity index (χ4n) is 2.78. The first-order chi connectivity index (χ1) is 11.0. The third-order valence-electron chi connectivity index (χ3n) is 3.85. The van der Waals surface area contributed by atoms with Crippen LogP contribution >= 0.6 is 0 Å². The molecule has 0 spiro atoms. The summed E-state index contributed by atoms with van der Waals surface area (Å²) >= 11 is 0. The average molecular weight is 336 g/mol. The number of aromatic nitrogens is 3. The van der Waals surface area contributed by atoms with Crippen LogP contribution in [0, 0.1) is 0 Å². The number of sulfonamides is 1. The van der Waals surface area contributed by atoms with Gasteiger partial charge < -0.3 is 5.11 Å². The largest absolute Gasteiger partial charge is 0.480 e. The number of carbonyl (C=O) groups is 1. The summed E-state index contributed by atoms with van der Waals surface area (Å²) in [5, 5.41) is 13.2. The van der Waals surface area contributed by atoms with Crippen molar-refractivity contribution in [3.63, 3.8) is 0 Å². The van der Waals surface area contributed by atoms with Gasteiger partial charge in [0.1, 0.15) is 18.7 Å². The number of aliphatic carboxylic acids is 1. The molecule has 1 N–H and O–H groups in total. The minimum absolute atomic E-state index is 0.114. The molecule has 0 unspecified atom stereocenters. The smallest absolute Gasteiger partial charge is 0.322 e. The molecule has 1 atom stereocenters. The number of hydrogen-bond donors (Lipinski definition) is 1. The van der Waals surface area contributed by atoms with E-state index in [1.54, 1.807) is 18.2 Å². The molecule has 1 fully saturated rings. The molecule has 0 bridgehead atoms. The molecule has 0 aliphatic carbocycles. The highest BCUT2D eigenvalue weighted by molar-refractivity contribution is 7.89. The van der Waals surface area contributed by atoms with Crippen molar-refractivity contribution >= 4 is 16.0 Å². The molecule has 0 amide bonds. The lowest BCUT2D eigenvalue weighted by Gasteiger charge is -2.22. The van der Waals surface area contributed by atoms with Gasteiger partial charge in [-0.25, -0.2) is 18.1 Å². The molecule has 23 heavy (non-hydrogen) atoms. The zero-order chi connectivity index (χ0) is 16.4. The number of carboxylic acid groups (broad SMARTS) is 1. The standard InChI is InChI=1S/C14H16N4O4S/c19-14(20)12-5-3-7-18(12)23(21,22)13-6-2-1-4-11(13)8-17-10-15-9-16-17/h1-2,4,6,9-10,12H,3,5,7-8H2,(H,19,20)/t12-/m1/s1. The molecule has 3 rings (SSSR count). The predicted molar refractivity (Wildman–Crippen MR) is 80.1 cm³/mol. The number of benzene rings is 1. The van der Waals surface area contributed by atoms with Gasteiger partial charge in [-0.1, -0.05) is 18.2 Å². The Kier molecular flexibility index (Phi) is 4.14. The molecule has 8 nitrogen and oxygen atoms in total. The van der Waals surface area contributed by atoms with Gasteiger partial charge in [0.05, 0.1) is 11.4 Å². The molecule has 0 saturated carbocycles. The summed E-state index contributed by atoms with van der Waals surface area (Å²) in [5.41, 5.74) is 0.550. The molecule has 2 heterocycles. The third kappa shape index (κ3) is 2.97. The van der Waals surface area contributed by atoms with Crippen LogP contribution in [0.2, 0.25) is 0 Å². The normalized spacial score (nSPS) is 19.0. The van der Waals surface area contributed by atoms with Crippen molar-refractivity contribution in [1.82, 2.24) is 19.1 Å². The van der Waals surface area contributed by atoms with E-state index in [9.17, 15) is 18.3 Å². The van der Waals surface area contributed by atoms with E-state index in [0.717, 1.165) is 4.31 Å². The molecule has 1 saturated heterocycles. The minimum atomic E-state index is -3.88. The predicted octanol–water partition coefficient (Wildman–Crippen LogP) is 0.564. The van der Waals surface area contributed by atoms with Crippen molar-refractivity contribution in [2.24, 2.45) is 0 Å². The Morgan fingerprint density at radius 3 is 2.83 bits per heavy atom. The SMILES string of the molecule is O=C(O)[C@H]1CCCN1S(=O)(=O)c1ccccc1Cn1cncn1. The van der Waals surface area contributed by atoms with Gasteiger partial charge in [-0.05, 0) is 24.5 Å². The summed E-state index contributed by atoms with van der Waals surface area (Å²) < 4.78 is 28.4. The van der Waals surface area contributed by atoms with Gasteiger partial charge in [0.25, 0.3) is 0 Å². The highest BCUT2D eigenvalue weighted by Gasteiger charge is 2.40.